The Labute approximate surface area is 152 Å². The second-order valence-corrected chi connectivity index (χ2v) is 6.26. The van der Waals surface area contributed by atoms with Gasteiger partial charge in [-0.25, -0.2) is 0 Å². The highest BCUT2D eigenvalue weighted by atomic mass is 16.1. The number of carbonyl (C=O) groups is 1. The summed E-state index contributed by atoms with van der Waals surface area (Å²) in [4.78, 5) is 17.0. The minimum atomic E-state index is -0.114. The second-order valence-electron chi connectivity index (χ2n) is 6.26. The van der Waals surface area contributed by atoms with Crippen molar-refractivity contribution < 1.29 is 4.79 Å². The lowest BCUT2D eigenvalue weighted by Gasteiger charge is -2.10. The number of hydrogen-bond acceptors (Lipinski definition) is 2. The molecule has 1 N–H and O–H groups in total. The molecule has 0 spiro atoms. The van der Waals surface area contributed by atoms with Gasteiger partial charge in [0.1, 0.15) is 0 Å². The summed E-state index contributed by atoms with van der Waals surface area (Å²) in [6.45, 7) is 1.96. The Morgan fingerprint density at radius 2 is 1.69 bits per heavy atom. The molecule has 0 bridgehead atoms. The maximum Gasteiger partial charge on any atom is 0.255 e. The van der Waals surface area contributed by atoms with Crippen molar-refractivity contribution in [2.45, 2.75) is 6.92 Å². The van der Waals surface area contributed by atoms with E-state index in [1.807, 2.05) is 73.7 Å². The summed E-state index contributed by atoms with van der Waals surface area (Å²) in [7, 11) is 0. The van der Waals surface area contributed by atoms with E-state index in [1.165, 1.54) is 0 Å². The minimum absolute atomic E-state index is 0.114. The Balaban J connectivity index is 1.59. The summed E-state index contributed by atoms with van der Waals surface area (Å²) < 4.78 is 0. The fourth-order valence-corrected chi connectivity index (χ4v) is 3.07. The van der Waals surface area contributed by atoms with Crippen molar-refractivity contribution >= 4 is 22.5 Å². The van der Waals surface area contributed by atoms with Crippen molar-refractivity contribution in [2.24, 2.45) is 0 Å². The van der Waals surface area contributed by atoms with Crippen LogP contribution in [0, 0.1) is 6.92 Å². The normalized spacial score (nSPS) is 10.7. The molecule has 4 rings (SSSR count). The molecule has 0 fully saturated rings. The first-order chi connectivity index (χ1) is 12.7. The first-order valence-corrected chi connectivity index (χ1v) is 8.53. The number of amides is 1. The number of aromatic nitrogens is 1. The number of nitrogens with one attached hydrogen (secondary N) is 1. The molecule has 3 aromatic carbocycles. The predicted molar refractivity (Wildman–Crippen MR) is 106 cm³/mol. The Bertz CT molecular complexity index is 1090. The van der Waals surface area contributed by atoms with Crippen LogP contribution in [-0.2, 0) is 0 Å². The molecule has 3 nitrogen and oxygen atoms in total. The van der Waals surface area contributed by atoms with E-state index in [4.69, 9.17) is 0 Å². The van der Waals surface area contributed by atoms with E-state index in [1.54, 1.807) is 6.20 Å². The zero-order valence-corrected chi connectivity index (χ0v) is 14.4. The average molecular weight is 338 g/mol. The standard InChI is InChI=1S/C23H18N2O/c1-16-14-19(17-6-3-2-4-7-17)10-12-21(16)23(26)25-20-11-9-18-8-5-13-24-22(18)15-20/h2-15H,1H3,(H,25,26). The average Bonchev–Trinajstić information content (AvgIpc) is 2.68. The maximum absolute atomic E-state index is 12.7. The number of aryl methyl sites for hydroxylation is 1. The number of pyridine rings is 1. The number of fused-ring (bicyclic) bond motifs is 1. The molecule has 3 heteroatoms. The molecular formula is C23H18N2O. The monoisotopic (exact) mass is 338 g/mol. The van der Waals surface area contributed by atoms with Gasteiger partial charge in [0, 0.05) is 22.8 Å². The van der Waals surface area contributed by atoms with Crippen LogP contribution in [0.4, 0.5) is 5.69 Å². The number of benzene rings is 3. The highest BCUT2D eigenvalue weighted by molar-refractivity contribution is 6.06. The molecule has 1 heterocycles. The Morgan fingerprint density at radius 1 is 0.846 bits per heavy atom. The topological polar surface area (TPSA) is 42.0 Å². The fraction of sp³-hybridized carbons (Fsp3) is 0.0435. The van der Waals surface area contributed by atoms with E-state index in [9.17, 15) is 4.79 Å². The molecule has 0 saturated heterocycles. The molecule has 4 aromatic rings. The van der Waals surface area contributed by atoms with Crippen LogP contribution in [0.25, 0.3) is 22.0 Å². The van der Waals surface area contributed by atoms with Gasteiger partial charge in [0.25, 0.3) is 5.91 Å². The Kier molecular flexibility index (Phi) is 4.20. The summed E-state index contributed by atoms with van der Waals surface area (Å²) in [5, 5.41) is 4.02. The van der Waals surface area contributed by atoms with Gasteiger partial charge in [0.05, 0.1) is 5.52 Å². The number of nitrogens with zero attached hydrogens (tertiary/aromatic N) is 1. The molecule has 0 aliphatic heterocycles. The van der Waals surface area contributed by atoms with Gasteiger partial charge in [-0.3, -0.25) is 9.78 Å². The second kappa shape index (κ2) is 6.81. The molecule has 0 aliphatic carbocycles. The highest BCUT2D eigenvalue weighted by Crippen LogP contribution is 2.23. The molecular weight excluding hydrogens is 320 g/mol. The number of anilines is 1. The summed E-state index contributed by atoms with van der Waals surface area (Å²) in [6, 6.07) is 25.7. The van der Waals surface area contributed by atoms with Gasteiger partial charge in [-0.05, 0) is 47.9 Å². The van der Waals surface area contributed by atoms with Crippen LogP contribution >= 0.6 is 0 Å². The van der Waals surface area contributed by atoms with Gasteiger partial charge in [-0.15, -0.1) is 0 Å². The first kappa shape index (κ1) is 16.0. The molecule has 0 saturated carbocycles. The molecule has 0 aliphatic rings. The number of rotatable bonds is 3. The van der Waals surface area contributed by atoms with Crippen molar-refractivity contribution in [3.05, 3.63) is 96.2 Å². The van der Waals surface area contributed by atoms with Crippen LogP contribution in [0.3, 0.4) is 0 Å². The first-order valence-electron chi connectivity index (χ1n) is 8.53. The third kappa shape index (κ3) is 3.20. The van der Waals surface area contributed by atoms with Gasteiger partial charge >= 0.3 is 0 Å². The molecule has 0 atom stereocenters. The molecule has 0 radical (unpaired) electrons. The highest BCUT2D eigenvalue weighted by Gasteiger charge is 2.11. The predicted octanol–water partition coefficient (Wildman–Crippen LogP) is 5.46. The van der Waals surface area contributed by atoms with Crippen molar-refractivity contribution in [1.82, 2.24) is 4.98 Å². The van der Waals surface area contributed by atoms with Gasteiger partial charge < -0.3 is 5.32 Å². The molecule has 126 valence electrons. The molecule has 1 amide bonds. The van der Waals surface area contributed by atoms with Crippen molar-refractivity contribution in [3.8, 4) is 11.1 Å². The minimum Gasteiger partial charge on any atom is -0.322 e. The number of hydrogen-bond donors (Lipinski definition) is 1. The van der Waals surface area contributed by atoms with Crippen LogP contribution < -0.4 is 5.32 Å². The van der Waals surface area contributed by atoms with E-state index >= 15 is 0 Å². The third-order valence-corrected chi connectivity index (χ3v) is 4.44. The van der Waals surface area contributed by atoms with Crippen LogP contribution in [-0.4, -0.2) is 10.9 Å². The maximum atomic E-state index is 12.7. The Hall–Kier alpha value is -3.46. The zero-order chi connectivity index (χ0) is 17.9. The third-order valence-electron chi connectivity index (χ3n) is 4.44. The lowest BCUT2D eigenvalue weighted by Crippen LogP contribution is -2.13. The van der Waals surface area contributed by atoms with Crippen LogP contribution in [0.1, 0.15) is 15.9 Å². The number of carbonyl (C=O) groups excluding carboxylic acids is 1. The lowest BCUT2D eigenvalue weighted by atomic mass is 9.99. The fourth-order valence-electron chi connectivity index (χ4n) is 3.07. The van der Waals surface area contributed by atoms with Gasteiger partial charge in [-0.1, -0.05) is 54.6 Å². The SMILES string of the molecule is Cc1cc(-c2ccccc2)ccc1C(=O)Nc1ccc2cccnc2c1. The van der Waals surface area contributed by atoms with E-state index < -0.39 is 0 Å². The smallest absolute Gasteiger partial charge is 0.255 e. The summed E-state index contributed by atoms with van der Waals surface area (Å²) in [5.41, 5.74) is 5.47. The summed E-state index contributed by atoms with van der Waals surface area (Å²) in [5.74, 6) is -0.114. The van der Waals surface area contributed by atoms with E-state index in [2.05, 4.69) is 22.4 Å². The van der Waals surface area contributed by atoms with Crippen LogP contribution in [0.15, 0.2) is 85.1 Å². The van der Waals surface area contributed by atoms with E-state index in [0.717, 1.165) is 33.3 Å². The molecule has 26 heavy (non-hydrogen) atoms. The van der Waals surface area contributed by atoms with Crippen LogP contribution in [0.2, 0.25) is 0 Å². The quantitative estimate of drug-likeness (QED) is 0.539. The zero-order valence-electron chi connectivity index (χ0n) is 14.4. The van der Waals surface area contributed by atoms with E-state index in [0.29, 0.717) is 5.56 Å². The lowest BCUT2D eigenvalue weighted by molar-refractivity contribution is 0.102. The van der Waals surface area contributed by atoms with Gasteiger partial charge in [0.15, 0.2) is 0 Å². The largest absolute Gasteiger partial charge is 0.322 e. The van der Waals surface area contributed by atoms with Crippen molar-refractivity contribution in [1.29, 1.82) is 0 Å². The summed E-state index contributed by atoms with van der Waals surface area (Å²) in [6.07, 6.45) is 1.75. The van der Waals surface area contributed by atoms with Gasteiger partial charge in [-0.2, -0.15) is 0 Å². The van der Waals surface area contributed by atoms with Crippen molar-refractivity contribution in [3.63, 3.8) is 0 Å². The van der Waals surface area contributed by atoms with E-state index in [-0.39, 0.29) is 5.91 Å². The van der Waals surface area contributed by atoms with Crippen LogP contribution in [0.5, 0.6) is 0 Å². The molecule has 0 unspecified atom stereocenters. The van der Waals surface area contributed by atoms with Gasteiger partial charge in [0.2, 0.25) is 0 Å². The van der Waals surface area contributed by atoms with Crippen molar-refractivity contribution in [2.75, 3.05) is 5.32 Å². The summed E-state index contributed by atoms with van der Waals surface area (Å²) >= 11 is 0. The Morgan fingerprint density at radius 3 is 2.50 bits per heavy atom. The molecule has 1 aromatic heterocycles.